The maximum Gasteiger partial charge on any atom is 0.328 e. The minimum absolute atomic E-state index is 0.222. The summed E-state index contributed by atoms with van der Waals surface area (Å²) in [5.74, 6) is 2.74. The molecule has 9 nitrogen and oxygen atoms in total. The number of unbranched alkanes of at least 4 members (excludes halogenated alkanes) is 1. The van der Waals surface area contributed by atoms with Crippen LogP contribution in [-0.2, 0) is 6.54 Å². The Labute approximate surface area is 215 Å². The lowest BCUT2D eigenvalue weighted by atomic mass is 9.78. The number of hydrogen-bond donors (Lipinski definition) is 1. The van der Waals surface area contributed by atoms with Gasteiger partial charge in [0.05, 0.1) is 25.4 Å². The van der Waals surface area contributed by atoms with E-state index >= 15 is 0 Å². The Morgan fingerprint density at radius 3 is 3.00 bits per heavy atom. The summed E-state index contributed by atoms with van der Waals surface area (Å²) in [5.41, 5.74) is 1.34. The highest BCUT2D eigenvalue weighted by Crippen LogP contribution is 2.46. The summed E-state index contributed by atoms with van der Waals surface area (Å²) < 4.78 is 13.4. The topological polar surface area (TPSA) is 102 Å². The molecule has 188 valence electrons. The molecule has 6 rings (SSSR count). The largest absolute Gasteiger partial charge is 0.496 e. The highest BCUT2D eigenvalue weighted by molar-refractivity contribution is 7.25. The van der Waals surface area contributed by atoms with Crippen LogP contribution in [0.5, 0.6) is 11.5 Å². The predicted octanol–water partition coefficient (Wildman–Crippen LogP) is 3.63. The molecule has 11 heteroatoms. The normalized spacial score (nSPS) is 19.7. The maximum atomic E-state index is 13.0. The fraction of sp³-hybridized carbons (Fsp3) is 0.440. The number of piperidine rings is 1. The van der Waals surface area contributed by atoms with Crippen LogP contribution in [-0.4, -0.2) is 57.8 Å². The number of benzene rings is 1. The second kappa shape index (κ2) is 9.49. The predicted molar refractivity (Wildman–Crippen MR) is 140 cm³/mol. The van der Waals surface area contributed by atoms with Crippen LogP contribution in [0.4, 0.5) is 0 Å². The minimum Gasteiger partial charge on any atom is -0.496 e. The molecule has 2 aliphatic heterocycles. The average molecular weight is 528 g/mol. The lowest BCUT2D eigenvalue weighted by molar-refractivity contribution is 0.0902. The van der Waals surface area contributed by atoms with Gasteiger partial charge in [0.1, 0.15) is 31.7 Å². The molecular weight excluding hydrogens is 502 g/mol. The molecule has 0 bridgehead atoms. The van der Waals surface area contributed by atoms with Gasteiger partial charge in [0, 0.05) is 24.6 Å². The van der Waals surface area contributed by atoms with Crippen LogP contribution in [0.15, 0.2) is 34.0 Å². The van der Waals surface area contributed by atoms with E-state index in [2.05, 4.69) is 19.9 Å². The van der Waals surface area contributed by atoms with Crippen molar-refractivity contribution in [2.45, 2.75) is 31.7 Å². The van der Waals surface area contributed by atoms with Crippen molar-refractivity contribution in [1.29, 1.82) is 0 Å². The van der Waals surface area contributed by atoms with Crippen molar-refractivity contribution in [3.63, 3.8) is 0 Å². The molecule has 0 unspecified atom stereocenters. The Morgan fingerprint density at radius 1 is 1.28 bits per heavy atom. The molecule has 4 aromatic rings. The average Bonchev–Trinajstić information content (AvgIpc) is 3.25. The van der Waals surface area contributed by atoms with E-state index in [1.165, 1.54) is 27.7 Å². The van der Waals surface area contributed by atoms with Gasteiger partial charge in [-0.05, 0) is 50.4 Å². The molecule has 36 heavy (non-hydrogen) atoms. The molecule has 0 amide bonds. The highest BCUT2D eigenvalue weighted by Gasteiger charge is 2.37. The second-order valence-electron chi connectivity index (χ2n) is 9.39. The van der Waals surface area contributed by atoms with E-state index in [0.29, 0.717) is 38.9 Å². The Bertz CT molecular complexity index is 1550. The van der Waals surface area contributed by atoms with Crippen LogP contribution in [0.3, 0.4) is 0 Å². The number of hydrogen-bond acceptors (Lipinski definition) is 8. The first-order valence-electron chi connectivity index (χ1n) is 12.1. The molecule has 2 aliphatic rings. The second-order valence-corrected chi connectivity index (χ2v) is 10.8. The Balaban J connectivity index is 1.10. The third kappa shape index (κ3) is 4.07. The number of likely N-dealkylation sites (tertiary alicyclic amines) is 1. The third-order valence-corrected chi connectivity index (χ3v) is 8.54. The Kier molecular flexibility index (Phi) is 6.18. The maximum absolute atomic E-state index is 13.0. The van der Waals surface area contributed by atoms with Crippen molar-refractivity contribution in [2.24, 2.45) is 5.92 Å². The molecule has 1 N–H and O–H groups in total. The van der Waals surface area contributed by atoms with Gasteiger partial charge in [-0.2, -0.15) is 0 Å². The summed E-state index contributed by atoms with van der Waals surface area (Å²) in [5, 5.41) is 0.222. The van der Waals surface area contributed by atoms with Crippen LogP contribution >= 0.6 is 22.9 Å². The molecule has 0 radical (unpaired) electrons. The molecule has 0 saturated carbocycles. The van der Waals surface area contributed by atoms with Gasteiger partial charge in [0.15, 0.2) is 0 Å². The van der Waals surface area contributed by atoms with Crippen molar-refractivity contribution in [3.05, 3.63) is 56.0 Å². The van der Waals surface area contributed by atoms with E-state index in [1.54, 1.807) is 7.11 Å². The van der Waals surface area contributed by atoms with Crippen molar-refractivity contribution >= 4 is 43.5 Å². The van der Waals surface area contributed by atoms with Gasteiger partial charge in [-0.15, -0.1) is 11.3 Å². The smallest absolute Gasteiger partial charge is 0.328 e. The number of aromatic amines is 1. The standard InChI is InChI=1S/C25H26ClN5O4S/c1-34-16-5-4-6-17-19(16)15-7-10-30(12-14(15)13-35-17)8-2-3-9-31-24(32)22-20(29-25(31)33)21-23(36-22)27-11-18(26)28-21/h4-6,11,14-15H,2-3,7-10,12-13H2,1H3,(H,29,33)/t14-,15+/m0/s1. The van der Waals surface area contributed by atoms with E-state index in [1.807, 2.05) is 18.2 Å². The van der Waals surface area contributed by atoms with E-state index in [4.69, 9.17) is 21.1 Å². The third-order valence-electron chi connectivity index (χ3n) is 7.28. The van der Waals surface area contributed by atoms with Gasteiger partial charge in [-0.1, -0.05) is 17.7 Å². The number of halogens is 1. The van der Waals surface area contributed by atoms with Gasteiger partial charge < -0.3 is 19.4 Å². The molecule has 3 aromatic heterocycles. The van der Waals surface area contributed by atoms with Crippen LogP contribution in [0.2, 0.25) is 5.15 Å². The summed E-state index contributed by atoms with van der Waals surface area (Å²) in [6, 6.07) is 6.02. The fourth-order valence-corrected chi connectivity index (χ4v) is 6.69. The van der Waals surface area contributed by atoms with Gasteiger partial charge in [-0.25, -0.2) is 14.8 Å². The number of fused-ring (bicyclic) bond motifs is 6. The molecule has 5 heterocycles. The molecule has 0 spiro atoms. The van der Waals surface area contributed by atoms with Crippen LogP contribution in [0, 0.1) is 5.92 Å². The van der Waals surface area contributed by atoms with Gasteiger partial charge >= 0.3 is 5.69 Å². The van der Waals surface area contributed by atoms with Crippen molar-refractivity contribution in [3.8, 4) is 11.5 Å². The van der Waals surface area contributed by atoms with Crippen LogP contribution in [0.25, 0.3) is 20.6 Å². The monoisotopic (exact) mass is 527 g/mol. The zero-order valence-corrected chi connectivity index (χ0v) is 21.4. The van der Waals surface area contributed by atoms with Gasteiger partial charge in [0.25, 0.3) is 5.56 Å². The number of nitrogens with zero attached hydrogens (tertiary/aromatic N) is 4. The molecule has 0 aliphatic carbocycles. The zero-order valence-electron chi connectivity index (χ0n) is 19.8. The van der Waals surface area contributed by atoms with E-state index in [0.717, 1.165) is 57.0 Å². The van der Waals surface area contributed by atoms with Gasteiger partial charge in [-0.3, -0.25) is 9.36 Å². The summed E-state index contributed by atoms with van der Waals surface area (Å²) in [4.78, 5) is 40.0. The lowest BCUT2D eigenvalue weighted by Crippen LogP contribution is -2.44. The van der Waals surface area contributed by atoms with Crippen molar-refractivity contribution in [1.82, 2.24) is 24.4 Å². The summed E-state index contributed by atoms with van der Waals surface area (Å²) in [6.45, 7) is 3.99. The molecular formula is C25H26ClN5O4S. The van der Waals surface area contributed by atoms with Crippen LogP contribution in [0.1, 0.15) is 30.7 Å². The summed E-state index contributed by atoms with van der Waals surface area (Å²) in [7, 11) is 1.71. The van der Waals surface area contributed by atoms with E-state index in [-0.39, 0.29) is 10.7 Å². The highest BCUT2D eigenvalue weighted by atomic mass is 35.5. The molecule has 1 saturated heterocycles. The first-order valence-corrected chi connectivity index (χ1v) is 13.3. The number of aromatic nitrogens is 4. The fourth-order valence-electron chi connectivity index (χ4n) is 5.56. The van der Waals surface area contributed by atoms with E-state index in [9.17, 15) is 9.59 Å². The molecule has 1 fully saturated rings. The number of thiophene rings is 1. The van der Waals surface area contributed by atoms with Gasteiger partial charge in [0.2, 0.25) is 0 Å². The number of methoxy groups -OCH3 is 1. The Morgan fingerprint density at radius 2 is 2.14 bits per heavy atom. The number of rotatable bonds is 6. The summed E-state index contributed by atoms with van der Waals surface area (Å²) >= 11 is 7.17. The molecule has 1 aromatic carbocycles. The van der Waals surface area contributed by atoms with Crippen molar-refractivity contribution < 1.29 is 9.47 Å². The zero-order chi connectivity index (χ0) is 24.8. The first-order chi connectivity index (χ1) is 17.5. The SMILES string of the molecule is COc1cccc2c1[C@@H]1CCN(CCCCn3c(=O)[nH]c4c(sc5ncc(Cl)nc54)c3=O)C[C@H]1CO2. The number of ether oxygens (including phenoxy) is 2. The number of H-pyrrole nitrogens is 1. The number of nitrogens with one attached hydrogen (secondary N) is 1. The van der Waals surface area contributed by atoms with E-state index < -0.39 is 5.69 Å². The minimum atomic E-state index is -0.429. The molecule has 2 atom stereocenters. The quantitative estimate of drug-likeness (QED) is 0.382. The van der Waals surface area contributed by atoms with Crippen molar-refractivity contribution in [2.75, 3.05) is 33.4 Å². The Hall–Kier alpha value is -2.95. The summed E-state index contributed by atoms with van der Waals surface area (Å²) in [6.07, 6.45) is 4.13. The lowest BCUT2D eigenvalue weighted by Gasteiger charge is -2.42. The first kappa shape index (κ1) is 23.4. The van der Waals surface area contributed by atoms with Crippen LogP contribution < -0.4 is 20.7 Å².